The standard InChI is InChI=1S/C8H12O3/c1-6(9)10-8-5-3-2-4-7(8)11-8/h7H,2-5H2,1H3/t7-,8+/m0/s1. The fourth-order valence-electron chi connectivity index (χ4n) is 1.79. The molecule has 0 amide bonds. The van der Waals surface area contributed by atoms with E-state index >= 15 is 0 Å². The van der Waals surface area contributed by atoms with E-state index in [-0.39, 0.29) is 12.1 Å². The average molecular weight is 156 g/mol. The van der Waals surface area contributed by atoms with Crippen molar-refractivity contribution in [3.05, 3.63) is 0 Å². The zero-order chi connectivity index (χ0) is 7.90. The molecule has 0 spiro atoms. The van der Waals surface area contributed by atoms with Crippen molar-refractivity contribution in [2.24, 2.45) is 0 Å². The maximum atomic E-state index is 10.6. The van der Waals surface area contributed by atoms with E-state index in [1.165, 1.54) is 13.3 Å². The second-order valence-electron chi connectivity index (χ2n) is 3.26. The molecule has 3 heteroatoms. The van der Waals surface area contributed by atoms with E-state index in [1.807, 2.05) is 0 Å². The van der Waals surface area contributed by atoms with Crippen molar-refractivity contribution in [3.8, 4) is 0 Å². The third kappa shape index (κ3) is 1.13. The molecule has 3 nitrogen and oxygen atoms in total. The highest BCUT2D eigenvalue weighted by Gasteiger charge is 2.60. The van der Waals surface area contributed by atoms with Crippen LogP contribution in [0.2, 0.25) is 0 Å². The molecular formula is C8H12O3. The van der Waals surface area contributed by atoms with E-state index in [0.29, 0.717) is 0 Å². The van der Waals surface area contributed by atoms with E-state index < -0.39 is 5.79 Å². The SMILES string of the molecule is CC(=O)O[C@@]12CCCC[C@@H]1O2. The summed E-state index contributed by atoms with van der Waals surface area (Å²) in [6, 6.07) is 0. The van der Waals surface area contributed by atoms with Gasteiger partial charge < -0.3 is 9.47 Å². The monoisotopic (exact) mass is 156 g/mol. The van der Waals surface area contributed by atoms with Gasteiger partial charge in [-0.05, 0) is 12.8 Å². The number of rotatable bonds is 1. The summed E-state index contributed by atoms with van der Waals surface area (Å²) in [5.74, 6) is -0.709. The van der Waals surface area contributed by atoms with Crippen LogP contribution in [-0.2, 0) is 14.3 Å². The van der Waals surface area contributed by atoms with Crippen LogP contribution in [0.4, 0.5) is 0 Å². The molecule has 2 aliphatic rings. The largest absolute Gasteiger partial charge is 0.430 e. The van der Waals surface area contributed by atoms with E-state index in [9.17, 15) is 4.79 Å². The molecule has 62 valence electrons. The van der Waals surface area contributed by atoms with Gasteiger partial charge in [-0.1, -0.05) is 6.42 Å². The fraction of sp³-hybridized carbons (Fsp3) is 0.875. The Morgan fingerprint density at radius 1 is 1.64 bits per heavy atom. The second kappa shape index (κ2) is 2.21. The van der Waals surface area contributed by atoms with Gasteiger partial charge in [0, 0.05) is 13.3 Å². The van der Waals surface area contributed by atoms with Crippen LogP contribution in [0.25, 0.3) is 0 Å². The Bertz CT molecular complexity index is 190. The molecule has 0 radical (unpaired) electrons. The molecule has 0 aromatic rings. The van der Waals surface area contributed by atoms with Gasteiger partial charge in [-0.2, -0.15) is 0 Å². The summed E-state index contributed by atoms with van der Waals surface area (Å²) >= 11 is 0. The average Bonchev–Trinajstić information content (AvgIpc) is 2.59. The molecule has 0 N–H and O–H groups in total. The Labute approximate surface area is 65.7 Å². The van der Waals surface area contributed by atoms with Gasteiger partial charge in [0.05, 0.1) is 0 Å². The molecule has 1 saturated heterocycles. The Hall–Kier alpha value is -0.570. The van der Waals surface area contributed by atoms with E-state index in [1.54, 1.807) is 0 Å². The summed E-state index contributed by atoms with van der Waals surface area (Å²) in [7, 11) is 0. The highest BCUT2D eigenvalue weighted by molar-refractivity contribution is 5.66. The molecule has 0 aromatic carbocycles. The smallest absolute Gasteiger partial charge is 0.305 e. The van der Waals surface area contributed by atoms with Gasteiger partial charge in [-0.15, -0.1) is 0 Å². The molecule has 1 saturated carbocycles. The van der Waals surface area contributed by atoms with Crippen molar-refractivity contribution in [2.75, 3.05) is 0 Å². The number of hydrogen-bond acceptors (Lipinski definition) is 3. The summed E-state index contributed by atoms with van der Waals surface area (Å²) in [5.41, 5.74) is 0. The van der Waals surface area contributed by atoms with Crippen molar-refractivity contribution >= 4 is 5.97 Å². The number of carbonyl (C=O) groups excluding carboxylic acids is 1. The number of fused-ring (bicyclic) bond motifs is 1. The Morgan fingerprint density at radius 2 is 2.45 bits per heavy atom. The molecule has 0 bridgehead atoms. The lowest BCUT2D eigenvalue weighted by atomic mass is 9.98. The first kappa shape index (κ1) is 7.10. The number of carbonyl (C=O) groups is 1. The third-order valence-electron chi connectivity index (χ3n) is 2.33. The maximum absolute atomic E-state index is 10.6. The quantitative estimate of drug-likeness (QED) is 0.423. The van der Waals surface area contributed by atoms with Crippen LogP contribution in [0.5, 0.6) is 0 Å². The van der Waals surface area contributed by atoms with E-state index in [4.69, 9.17) is 9.47 Å². The highest BCUT2D eigenvalue weighted by Crippen LogP contribution is 2.48. The lowest BCUT2D eigenvalue weighted by molar-refractivity contribution is -0.157. The topological polar surface area (TPSA) is 38.8 Å². The number of epoxide rings is 1. The molecular weight excluding hydrogens is 144 g/mol. The Balaban J connectivity index is 1.96. The number of esters is 1. The summed E-state index contributed by atoms with van der Waals surface area (Å²) in [6.45, 7) is 1.43. The van der Waals surface area contributed by atoms with E-state index in [0.717, 1.165) is 19.3 Å². The minimum Gasteiger partial charge on any atom is -0.430 e. The van der Waals surface area contributed by atoms with Gasteiger partial charge in [0.1, 0.15) is 6.10 Å². The summed E-state index contributed by atoms with van der Waals surface area (Å²) in [4.78, 5) is 10.6. The maximum Gasteiger partial charge on any atom is 0.305 e. The molecule has 1 aliphatic carbocycles. The summed E-state index contributed by atoms with van der Waals surface area (Å²) in [6.07, 6.45) is 4.46. The van der Waals surface area contributed by atoms with Crippen molar-refractivity contribution in [1.82, 2.24) is 0 Å². The van der Waals surface area contributed by atoms with Gasteiger partial charge in [0.25, 0.3) is 0 Å². The van der Waals surface area contributed by atoms with Gasteiger partial charge in [0.2, 0.25) is 5.79 Å². The lowest BCUT2D eigenvalue weighted by Crippen LogP contribution is -2.25. The molecule has 1 aliphatic heterocycles. The predicted octanol–water partition coefficient (Wildman–Crippen LogP) is 1.22. The van der Waals surface area contributed by atoms with Crippen molar-refractivity contribution in [3.63, 3.8) is 0 Å². The highest BCUT2D eigenvalue weighted by atomic mass is 16.8. The first-order chi connectivity index (χ1) is 5.23. The Kier molecular flexibility index (Phi) is 1.42. The summed E-state index contributed by atoms with van der Waals surface area (Å²) < 4.78 is 10.4. The van der Waals surface area contributed by atoms with Gasteiger partial charge >= 0.3 is 5.97 Å². The zero-order valence-corrected chi connectivity index (χ0v) is 6.63. The minimum absolute atomic E-state index is 0.208. The van der Waals surface area contributed by atoms with Crippen LogP contribution >= 0.6 is 0 Å². The van der Waals surface area contributed by atoms with Crippen LogP contribution in [0.3, 0.4) is 0 Å². The van der Waals surface area contributed by atoms with E-state index in [2.05, 4.69) is 0 Å². The van der Waals surface area contributed by atoms with Crippen LogP contribution < -0.4 is 0 Å². The molecule has 2 atom stereocenters. The molecule has 0 unspecified atom stereocenters. The van der Waals surface area contributed by atoms with Gasteiger partial charge in [-0.25, -0.2) is 0 Å². The van der Waals surface area contributed by atoms with Crippen molar-refractivity contribution in [2.45, 2.75) is 44.5 Å². The molecule has 1 heterocycles. The first-order valence-electron chi connectivity index (χ1n) is 4.10. The fourth-order valence-corrected chi connectivity index (χ4v) is 1.79. The Morgan fingerprint density at radius 3 is 3.09 bits per heavy atom. The third-order valence-corrected chi connectivity index (χ3v) is 2.33. The molecule has 2 rings (SSSR count). The molecule has 2 fully saturated rings. The second-order valence-corrected chi connectivity index (χ2v) is 3.26. The predicted molar refractivity (Wildman–Crippen MR) is 37.8 cm³/mol. The summed E-state index contributed by atoms with van der Waals surface area (Å²) in [5, 5.41) is 0. The van der Waals surface area contributed by atoms with Crippen LogP contribution in [0.1, 0.15) is 32.6 Å². The van der Waals surface area contributed by atoms with Crippen LogP contribution in [-0.4, -0.2) is 17.9 Å². The van der Waals surface area contributed by atoms with Crippen LogP contribution in [0.15, 0.2) is 0 Å². The number of hydrogen-bond donors (Lipinski definition) is 0. The van der Waals surface area contributed by atoms with Gasteiger partial charge in [-0.3, -0.25) is 4.79 Å². The number of ether oxygens (including phenoxy) is 2. The molecule has 11 heavy (non-hydrogen) atoms. The molecule has 0 aromatic heterocycles. The van der Waals surface area contributed by atoms with Crippen molar-refractivity contribution in [1.29, 1.82) is 0 Å². The van der Waals surface area contributed by atoms with Crippen LogP contribution in [0, 0.1) is 0 Å². The minimum atomic E-state index is -0.482. The van der Waals surface area contributed by atoms with Crippen molar-refractivity contribution < 1.29 is 14.3 Å². The lowest BCUT2D eigenvalue weighted by Gasteiger charge is -2.16. The normalized spacial score (nSPS) is 41.0. The first-order valence-corrected chi connectivity index (χ1v) is 4.10. The zero-order valence-electron chi connectivity index (χ0n) is 6.63. The van der Waals surface area contributed by atoms with Gasteiger partial charge in [0.15, 0.2) is 0 Å².